The molecule has 1 N–H and O–H groups in total. The normalized spacial score (nSPS) is 15.6. The number of hydrogen-bond acceptors (Lipinski definition) is 7. The second-order valence-corrected chi connectivity index (χ2v) is 7.64. The highest BCUT2D eigenvalue weighted by Gasteiger charge is 2.36. The Labute approximate surface area is 187 Å². The van der Waals surface area contributed by atoms with E-state index in [9.17, 15) is 9.59 Å². The number of anilines is 1. The predicted octanol–water partition coefficient (Wildman–Crippen LogP) is 2.56. The quantitative estimate of drug-likeness (QED) is 0.636. The van der Waals surface area contributed by atoms with Crippen LogP contribution in [0.25, 0.3) is 0 Å². The van der Waals surface area contributed by atoms with Crippen molar-refractivity contribution in [1.82, 2.24) is 10.3 Å². The summed E-state index contributed by atoms with van der Waals surface area (Å²) in [5, 5.41) is 2.90. The Morgan fingerprint density at radius 1 is 1.19 bits per heavy atom. The number of rotatable bonds is 9. The minimum atomic E-state index is -0.479. The van der Waals surface area contributed by atoms with E-state index in [0.29, 0.717) is 28.8 Å². The van der Waals surface area contributed by atoms with Crippen molar-refractivity contribution in [3.8, 4) is 23.1 Å². The number of benzene rings is 1. The van der Waals surface area contributed by atoms with Crippen LogP contribution in [-0.2, 0) is 16.1 Å². The van der Waals surface area contributed by atoms with Gasteiger partial charge in [0.05, 0.1) is 39.0 Å². The van der Waals surface area contributed by atoms with Crippen LogP contribution in [0.2, 0.25) is 0 Å². The molecule has 0 radical (unpaired) electrons. The van der Waals surface area contributed by atoms with E-state index < -0.39 is 5.92 Å². The second-order valence-electron chi connectivity index (χ2n) is 7.64. The minimum absolute atomic E-state index is 0.0288. The predicted molar refractivity (Wildman–Crippen MR) is 118 cm³/mol. The fourth-order valence-electron chi connectivity index (χ4n) is 3.57. The van der Waals surface area contributed by atoms with Crippen molar-refractivity contribution in [2.24, 2.45) is 5.92 Å². The summed E-state index contributed by atoms with van der Waals surface area (Å²) < 4.78 is 21.8. The molecule has 2 heterocycles. The Balaban J connectivity index is 1.70. The molecule has 3 rings (SSSR count). The summed E-state index contributed by atoms with van der Waals surface area (Å²) in [6.07, 6.45) is 1.73. The third-order valence-corrected chi connectivity index (χ3v) is 5.11. The van der Waals surface area contributed by atoms with E-state index in [2.05, 4.69) is 10.3 Å². The van der Waals surface area contributed by atoms with E-state index in [-0.39, 0.29) is 37.4 Å². The van der Waals surface area contributed by atoms with E-state index in [1.807, 2.05) is 19.9 Å². The number of ether oxygens (including phenoxy) is 4. The van der Waals surface area contributed by atoms with Gasteiger partial charge in [-0.25, -0.2) is 4.98 Å². The molecule has 172 valence electrons. The molecular formula is C23H29N3O6. The van der Waals surface area contributed by atoms with Gasteiger partial charge in [-0.15, -0.1) is 0 Å². The van der Waals surface area contributed by atoms with Gasteiger partial charge in [-0.05, 0) is 19.9 Å². The summed E-state index contributed by atoms with van der Waals surface area (Å²) in [6, 6.07) is 7.04. The van der Waals surface area contributed by atoms with Gasteiger partial charge in [0.1, 0.15) is 0 Å². The topological polar surface area (TPSA) is 99.2 Å². The summed E-state index contributed by atoms with van der Waals surface area (Å²) in [7, 11) is 4.54. The fourth-order valence-corrected chi connectivity index (χ4v) is 3.57. The molecule has 9 nitrogen and oxygen atoms in total. The number of amides is 2. The number of aromatic nitrogens is 1. The van der Waals surface area contributed by atoms with Crippen molar-refractivity contribution < 1.29 is 28.5 Å². The van der Waals surface area contributed by atoms with E-state index >= 15 is 0 Å². The zero-order valence-electron chi connectivity index (χ0n) is 19.0. The monoisotopic (exact) mass is 443 g/mol. The second kappa shape index (κ2) is 10.2. The summed E-state index contributed by atoms with van der Waals surface area (Å²) >= 11 is 0. The first-order chi connectivity index (χ1) is 15.4. The molecule has 1 aliphatic heterocycles. The average Bonchev–Trinajstić information content (AvgIpc) is 3.18. The minimum Gasteiger partial charge on any atom is -0.493 e. The number of carbonyl (C=O) groups excluding carboxylic acids is 2. The van der Waals surface area contributed by atoms with Crippen LogP contribution >= 0.6 is 0 Å². The molecule has 2 amide bonds. The Morgan fingerprint density at radius 2 is 1.88 bits per heavy atom. The van der Waals surface area contributed by atoms with Crippen LogP contribution in [0.1, 0.15) is 25.8 Å². The van der Waals surface area contributed by atoms with Gasteiger partial charge in [0.25, 0.3) is 0 Å². The van der Waals surface area contributed by atoms with Crippen molar-refractivity contribution >= 4 is 17.5 Å². The molecule has 1 atom stereocenters. The molecule has 1 aliphatic rings. The lowest BCUT2D eigenvalue weighted by atomic mass is 10.1. The number of pyridine rings is 1. The molecule has 1 aromatic carbocycles. The molecule has 1 unspecified atom stereocenters. The Kier molecular flexibility index (Phi) is 7.40. The first-order valence-corrected chi connectivity index (χ1v) is 10.4. The smallest absolute Gasteiger partial charge is 0.227 e. The molecule has 0 saturated carbocycles. The zero-order chi connectivity index (χ0) is 23.3. The standard InChI is InChI=1S/C23H29N3O6/c1-14(2)32-23-15(7-6-8-24-23)12-25-22(28)16-9-20(27)26(13-16)17-10-18(29-3)21(31-5)19(11-17)30-4/h6-8,10-11,14,16H,9,12-13H2,1-5H3,(H,25,28). The van der Waals surface area contributed by atoms with Crippen LogP contribution in [0.4, 0.5) is 5.69 Å². The third-order valence-electron chi connectivity index (χ3n) is 5.11. The van der Waals surface area contributed by atoms with Crippen molar-refractivity contribution in [3.05, 3.63) is 36.0 Å². The summed E-state index contributed by atoms with van der Waals surface area (Å²) in [5.74, 6) is 0.985. The number of nitrogens with zero attached hydrogens (tertiary/aromatic N) is 2. The first-order valence-electron chi connectivity index (χ1n) is 10.4. The fraction of sp³-hybridized carbons (Fsp3) is 0.435. The Morgan fingerprint density at radius 3 is 2.47 bits per heavy atom. The van der Waals surface area contributed by atoms with Gasteiger partial charge in [0.15, 0.2) is 11.5 Å². The molecule has 9 heteroatoms. The van der Waals surface area contributed by atoms with E-state index in [1.165, 1.54) is 21.3 Å². The maximum absolute atomic E-state index is 12.8. The van der Waals surface area contributed by atoms with Crippen LogP contribution in [0.15, 0.2) is 30.5 Å². The molecule has 0 aliphatic carbocycles. The largest absolute Gasteiger partial charge is 0.493 e. The van der Waals surface area contributed by atoms with Gasteiger partial charge in [0.2, 0.25) is 23.4 Å². The van der Waals surface area contributed by atoms with E-state index in [0.717, 1.165) is 5.56 Å². The van der Waals surface area contributed by atoms with Crippen molar-refractivity contribution in [3.63, 3.8) is 0 Å². The van der Waals surface area contributed by atoms with Crippen LogP contribution in [0.3, 0.4) is 0 Å². The van der Waals surface area contributed by atoms with Crippen molar-refractivity contribution in [2.45, 2.75) is 32.9 Å². The molecule has 0 spiro atoms. The molecule has 0 bridgehead atoms. The van der Waals surface area contributed by atoms with Crippen molar-refractivity contribution in [1.29, 1.82) is 0 Å². The Bertz CT molecular complexity index is 953. The van der Waals surface area contributed by atoms with Crippen molar-refractivity contribution in [2.75, 3.05) is 32.8 Å². The zero-order valence-corrected chi connectivity index (χ0v) is 19.0. The third kappa shape index (κ3) is 5.04. The number of methoxy groups -OCH3 is 3. The lowest BCUT2D eigenvalue weighted by molar-refractivity contribution is -0.126. The first kappa shape index (κ1) is 23.2. The highest BCUT2D eigenvalue weighted by molar-refractivity contribution is 6.00. The van der Waals surface area contributed by atoms with E-state index in [4.69, 9.17) is 18.9 Å². The molecule has 1 saturated heterocycles. The Hall–Kier alpha value is -3.49. The van der Waals surface area contributed by atoms with Gasteiger partial charge in [-0.2, -0.15) is 0 Å². The number of carbonyl (C=O) groups is 2. The summed E-state index contributed by atoms with van der Waals surface area (Å²) in [5.41, 5.74) is 1.36. The maximum atomic E-state index is 12.8. The van der Waals surface area contributed by atoms with Gasteiger partial charge in [-0.1, -0.05) is 6.07 Å². The van der Waals surface area contributed by atoms with Crippen LogP contribution in [0, 0.1) is 5.92 Å². The lowest BCUT2D eigenvalue weighted by Gasteiger charge is -2.20. The van der Waals surface area contributed by atoms with Crippen LogP contribution in [-0.4, -0.2) is 50.8 Å². The SMILES string of the molecule is COc1cc(N2CC(C(=O)NCc3cccnc3OC(C)C)CC2=O)cc(OC)c1OC. The molecule has 1 aromatic heterocycles. The van der Waals surface area contributed by atoms with Gasteiger partial charge in [-0.3, -0.25) is 9.59 Å². The summed E-state index contributed by atoms with van der Waals surface area (Å²) in [4.78, 5) is 31.3. The van der Waals surface area contributed by atoms with E-state index in [1.54, 1.807) is 29.3 Å². The molecule has 1 fully saturated rings. The van der Waals surface area contributed by atoms with Gasteiger partial charge < -0.3 is 29.2 Å². The molecule has 32 heavy (non-hydrogen) atoms. The van der Waals surface area contributed by atoms with Crippen LogP contribution in [0.5, 0.6) is 23.1 Å². The van der Waals surface area contributed by atoms with Crippen LogP contribution < -0.4 is 29.2 Å². The molecular weight excluding hydrogens is 414 g/mol. The highest BCUT2D eigenvalue weighted by Crippen LogP contribution is 2.42. The number of hydrogen-bond donors (Lipinski definition) is 1. The van der Waals surface area contributed by atoms with Gasteiger partial charge in [0, 0.05) is 43.4 Å². The molecule has 2 aromatic rings. The summed E-state index contributed by atoms with van der Waals surface area (Å²) in [6.45, 7) is 4.35. The average molecular weight is 444 g/mol. The van der Waals surface area contributed by atoms with Gasteiger partial charge >= 0.3 is 0 Å². The number of nitrogens with one attached hydrogen (secondary N) is 1. The lowest BCUT2D eigenvalue weighted by Crippen LogP contribution is -2.32. The highest BCUT2D eigenvalue weighted by atomic mass is 16.5. The maximum Gasteiger partial charge on any atom is 0.227 e.